The van der Waals surface area contributed by atoms with Gasteiger partial charge in [-0.25, -0.2) is 0 Å². The first-order valence-electron chi connectivity index (χ1n) is 6.36. The van der Waals surface area contributed by atoms with Gasteiger partial charge in [-0.1, -0.05) is 33.8 Å². The van der Waals surface area contributed by atoms with E-state index < -0.39 is 7.32 Å². The third-order valence-electron chi connectivity index (χ3n) is 4.06. The summed E-state index contributed by atoms with van der Waals surface area (Å²) in [5, 5.41) is 21.2. The molecule has 20 heavy (non-hydrogen) atoms. The molecular formula is C14H19BNa2O3. The van der Waals surface area contributed by atoms with Gasteiger partial charge in [0.1, 0.15) is 7.32 Å². The molecule has 0 heterocycles. The van der Waals surface area contributed by atoms with Gasteiger partial charge in [-0.3, -0.25) is 0 Å². The van der Waals surface area contributed by atoms with E-state index in [1.54, 1.807) is 6.07 Å². The van der Waals surface area contributed by atoms with Crippen molar-refractivity contribution in [2.45, 2.75) is 51.4 Å². The van der Waals surface area contributed by atoms with E-state index in [9.17, 15) is 10.0 Å². The topological polar surface area (TPSA) is 55.3 Å². The third-order valence-corrected chi connectivity index (χ3v) is 4.06. The van der Waals surface area contributed by atoms with Gasteiger partial charge in [-0.2, -0.15) is 0 Å². The Balaban J connectivity index is 0.00000180. The van der Waals surface area contributed by atoms with Crippen LogP contribution in [0.1, 0.15) is 51.7 Å². The standard InChI is InChI=1S/C14H19BO3.2Na/c1-13(2)7-8-14(3,4)12-9-10(18-15(16)17)5-6-11(12)13;;/h5-6,9H,7-8H2,1-4H3;;/q-2;2*+1. The molecular weight excluding hydrogens is 273 g/mol. The van der Waals surface area contributed by atoms with Crippen LogP contribution in [0, 0.1) is 0 Å². The predicted molar refractivity (Wildman–Crippen MR) is 68.1 cm³/mol. The number of fused-ring (bicyclic) bond motifs is 1. The normalized spacial score (nSPS) is 18.1. The fraction of sp³-hybridized carbons (Fsp3) is 0.571. The Morgan fingerprint density at radius 1 is 0.950 bits per heavy atom. The van der Waals surface area contributed by atoms with Gasteiger partial charge in [-0.05, 0) is 46.9 Å². The quantitative estimate of drug-likeness (QED) is 0.514. The molecule has 6 heteroatoms. The van der Waals surface area contributed by atoms with E-state index >= 15 is 0 Å². The van der Waals surface area contributed by atoms with Crippen LogP contribution >= 0.6 is 0 Å². The Labute approximate surface area is 166 Å². The smallest absolute Gasteiger partial charge is 0.860 e. The van der Waals surface area contributed by atoms with Crippen LogP contribution in [-0.4, -0.2) is 7.32 Å². The molecule has 1 aliphatic carbocycles. The van der Waals surface area contributed by atoms with Crippen LogP contribution in [0.4, 0.5) is 0 Å². The molecule has 0 aliphatic heterocycles. The average molecular weight is 292 g/mol. The maximum Gasteiger partial charge on any atom is 1.00 e. The predicted octanol–water partition coefficient (Wildman–Crippen LogP) is -4.87. The van der Waals surface area contributed by atoms with Crippen molar-refractivity contribution in [3.63, 3.8) is 0 Å². The largest absolute Gasteiger partial charge is 1.00 e. The number of benzene rings is 1. The molecule has 1 aromatic rings. The minimum absolute atomic E-state index is 0. The summed E-state index contributed by atoms with van der Waals surface area (Å²) < 4.78 is 4.73. The summed E-state index contributed by atoms with van der Waals surface area (Å²) in [7, 11) is -2.26. The second-order valence-electron chi connectivity index (χ2n) is 6.38. The number of hydrogen-bond donors (Lipinski definition) is 0. The van der Waals surface area contributed by atoms with E-state index in [4.69, 9.17) is 4.65 Å². The average Bonchev–Trinajstić information content (AvgIpc) is 2.24. The zero-order valence-corrected chi connectivity index (χ0v) is 17.4. The Kier molecular flexibility index (Phi) is 7.89. The first kappa shape index (κ1) is 21.0. The summed E-state index contributed by atoms with van der Waals surface area (Å²) in [6, 6.07) is 5.58. The zero-order chi connectivity index (χ0) is 13.6. The van der Waals surface area contributed by atoms with E-state index in [-0.39, 0.29) is 69.9 Å². The van der Waals surface area contributed by atoms with Crippen molar-refractivity contribution in [1.82, 2.24) is 0 Å². The fourth-order valence-corrected chi connectivity index (χ4v) is 2.75. The maximum absolute atomic E-state index is 10.6. The summed E-state index contributed by atoms with van der Waals surface area (Å²) in [5.41, 5.74) is 2.68. The van der Waals surface area contributed by atoms with Crippen molar-refractivity contribution < 1.29 is 73.8 Å². The van der Waals surface area contributed by atoms with Crippen LogP contribution in [0.3, 0.4) is 0 Å². The zero-order valence-electron chi connectivity index (χ0n) is 13.4. The SMILES string of the molecule is CC1(C)CCC(C)(C)c2cc(OB([O-])[O-])ccc21.[Na+].[Na+]. The van der Waals surface area contributed by atoms with Gasteiger partial charge in [0, 0.05) is 0 Å². The van der Waals surface area contributed by atoms with Gasteiger partial charge < -0.3 is 14.7 Å². The summed E-state index contributed by atoms with van der Waals surface area (Å²) >= 11 is 0. The van der Waals surface area contributed by atoms with Crippen molar-refractivity contribution in [2.24, 2.45) is 0 Å². The molecule has 0 bridgehead atoms. The first-order chi connectivity index (χ1) is 8.22. The minimum atomic E-state index is -2.26. The van der Waals surface area contributed by atoms with Gasteiger partial charge >= 0.3 is 59.1 Å². The molecule has 0 saturated carbocycles. The molecule has 1 aromatic carbocycles. The van der Waals surface area contributed by atoms with Gasteiger partial charge in [0.2, 0.25) is 0 Å². The molecule has 1 aliphatic rings. The molecule has 98 valence electrons. The van der Waals surface area contributed by atoms with Crippen LogP contribution in [0.25, 0.3) is 0 Å². The van der Waals surface area contributed by atoms with Crippen LogP contribution in [-0.2, 0) is 10.8 Å². The molecule has 2 rings (SSSR count). The Bertz CT molecular complexity index is 462. The van der Waals surface area contributed by atoms with Crippen molar-refractivity contribution in [2.75, 3.05) is 0 Å². The van der Waals surface area contributed by atoms with E-state index in [1.807, 2.05) is 12.1 Å². The van der Waals surface area contributed by atoms with E-state index in [1.165, 1.54) is 11.1 Å². The molecule has 0 spiro atoms. The van der Waals surface area contributed by atoms with E-state index in [0.29, 0.717) is 5.75 Å². The summed E-state index contributed by atoms with van der Waals surface area (Å²) in [6.45, 7) is 8.84. The third kappa shape index (κ3) is 4.50. The van der Waals surface area contributed by atoms with Crippen LogP contribution in [0.5, 0.6) is 5.75 Å². The summed E-state index contributed by atoms with van der Waals surface area (Å²) in [5.74, 6) is 0.384. The second-order valence-corrected chi connectivity index (χ2v) is 6.38. The molecule has 0 aromatic heterocycles. The Morgan fingerprint density at radius 2 is 1.45 bits per heavy atom. The number of hydrogen-bond acceptors (Lipinski definition) is 3. The van der Waals surface area contributed by atoms with E-state index in [2.05, 4.69) is 27.7 Å². The van der Waals surface area contributed by atoms with Crippen molar-refractivity contribution in [3.8, 4) is 5.75 Å². The van der Waals surface area contributed by atoms with Gasteiger partial charge in [-0.15, -0.1) is 0 Å². The van der Waals surface area contributed by atoms with Crippen LogP contribution in [0.15, 0.2) is 18.2 Å². The Hall–Kier alpha value is 1.00. The molecule has 3 nitrogen and oxygen atoms in total. The summed E-state index contributed by atoms with van der Waals surface area (Å²) in [6.07, 6.45) is 2.23. The number of rotatable bonds is 2. The Morgan fingerprint density at radius 3 is 1.95 bits per heavy atom. The molecule has 0 atom stereocenters. The molecule has 0 radical (unpaired) electrons. The molecule has 0 N–H and O–H groups in total. The van der Waals surface area contributed by atoms with Crippen LogP contribution < -0.4 is 73.8 Å². The van der Waals surface area contributed by atoms with Gasteiger partial charge in [0.25, 0.3) is 0 Å². The molecule has 0 saturated heterocycles. The van der Waals surface area contributed by atoms with Crippen molar-refractivity contribution >= 4 is 7.32 Å². The molecule has 0 fully saturated rings. The maximum atomic E-state index is 10.6. The second kappa shape index (κ2) is 7.52. The van der Waals surface area contributed by atoms with Crippen molar-refractivity contribution in [3.05, 3.63) is 29.3 Å². The first-order valence-corrected chi connectivity index (χ1v) is 6.36. The van der Waals surface area contributed by atoms with Gasteiger partial charge in [0.15, 0.2) is 0 Å². The van der Waals surface area contributed by atoms with Crippen LogP contribution in [0.2, 0.25) is 0 Å². The van der Waals surface area contributed by atoms with Crippen molar-refractivity contribution in [1.29, 1.82) is 0 Å². The summed E-state index contributed by atoms with van der Waals surface area (Å²) in [4.78, 5) is 0. The molecule has 0 unspecified atom stereocenters. The molecule has 0 amide bonds. The monoisotopic (exact) mass is 292 g/mol. The fourth-order valence-electron chi connectivity index (χ4n) is 2.75. The van der Waals surface area contributed by atoms with E-state index in [0.717, 1.165) is 12.8 Å². The van der Waals surface area contributed by atoms with Gasteiger partial charge in [0.05, 0.1) is 5.75 Å². The minimum Gasteiger partial charge on any atom is -0.860 e.